The van der Waals surface area contributed by atoms with Crippen LogP contribution in [0.3, 0.4) is 0 Å². The van der Waals surface area contributed by atoms with E-state index < -0.39 is 4.92 Å². The Morgan fingerprint density at radius 1 is 1.15 bits per heavy atom. The maximum Gasteiger partial charge on any atom is 0.292 e. The number of nitrogens with zero attached hydrogens (tertiary/aromatic N) is 1. The van der Waals surface area contributed by atoms with Crippen LogP contribution in [0.25, 0.3) is 0 Å². The van der Waals surface area contributed by atoms with E-state index in [1.165, 1.54) is 17.7 Å². The minimum atomic E-state index is -0.491. The highest BCUT2D eigenvalue weighted by Gasteiger charge is 2.11. The highest BCUT2D eigenvalue weighted by Crippen LogP contribution is 2.23. The van der Waals surface area contributed by atoms with Crippen LogP contribution in [0.1, 0.15) is 18.1 Å². The summed E-state index contributed by atoms with van der Waals surface area (Å²) in [7, 11) is 0. The molecule has 0 fully saturated rings. The van der Waals surface area contributed by atoms with E-state index >= 15 is 0 Å². The number of hydrogen-bond acceptors (Lipinski definition) is 4. The number of nitro groups is 1. The first-order valence-corrected chi connectivity index (χ1v) is 6.34. The van der Waals surface area contributed by atoms with Crippen LogP contribution in [0.15, 0.2) is 42.5 Å². The zero-order chi connectivity index (χ0) is 14.5. The molecule has 0 heterocycles. The second-order valence-corrected chi connectivity index (χ2v) is 4.44. The molecule has 2 N–H and O–H groups in total. The molecule has 0 bridgehead atoms. The van der Waals surface area contributed by atoms with Gasteiger partial charge < -0.3 is 10.5 Å². The molecule has 0 saturated carbocycles. The number of rotatable bonds is 5. The lowest BCUT2D eigenvalue weighted by molar-refractivity contribution is -0.384. The zero-order valence-electron chi connectivity index (χ0n) is 11.2. The third-order valence-corrected chi connectivity index (χ3v) is 3.03. The van der Waals surface area contributed by atoms with Crippen LogP contribution in [0.2, 0.25) is 0 Å². The van der Waals surface area contributed by atoms with Crippen molar-refractivity contribution in [2.45, 2.75) is 20.0 Å². The van der Waals surface area contributed by atoms with E-state index in [1.807, 2.05) is 24.3 Å². The molecule has 2 aromatic rings. The lowest BCUT2D eigenvalue weighted by atomic mass is 10.1. The summed E-state index contributed by atoms with van der Waals surface area (Å²) in [4.78, 5) is 10.3. The molecule has 2 rings (SSSR count). The Morgan fingerprint density at radius 3 is 2.40 bits per heavy atom. The Hall–Kier alpha value is -2.56. The van der Waals surface area contributed by atoms with Crippen molar-refractivity contribution in [1.29, 1.82) is 0 Å². The largest absolute Gasteiger partial charge is 0.489 e. The van der Waals surface area contributed by atoms with Crippen molar-refractivity contribution in [3.8, 4) is 5.75 Å². The third-order valence-electron chi connectivity index (χ3n) is 3.03. The molecule has 0 aromatic heterocycles. The van der Waals surface area contributed by atoms with Crippen LogP contribution in [0.5, 0.6) is 5.75 Å². The maximum absolute atomic E-state index is 10.8. The first-order valence-electron chi connectivity index (χ1n) is 6.34. The number of aryl methyl sites for hydroxylation is 1. The summed E-state index contributed by atoms with van der Waals surface area (Å²) in [5.74, 6) is 0.738. The van der Waals surface area contributed by atoms with Gasteiger partial charge >= 0.3 is 0 Å². The molecule has 104 valence electrons. The Morgan fingerprint density at radius 2 is 1.80 bits per heavy atom. The van der Waals surface area contributed by atoms with Crippen LogP contribution in [0, 0.1) is 10.1 Å². The van der Waals surface area contributed by atoms with Crippen LogP contribution in [-0.4, -0.2) is 4.92 Å². The molecule has 2 aromatic carbocycles. The molecule has 0 aliphatic rings. The zero-order valence-corrected chi connectivity index (χ0v) is 11.2. The predicted octanol–water partition coefficient (Wildman–Crippen LogP) is 3.32. The minimum absolute atomic E-state index is 0.0903. The van der Waals surface area contributed by atoms with Gasteiger partial charge in [0.25, 0.3) is 5.69 Å². The Kier molecular flexibility index (Phi) is 4.20. The van der Waals surface area contributed by atoms with Crippen molar-refractivity contribution in [3.63, 3.8) is 0 Å². The standard InChI is InChI=1S/C15H16N2O3/c1-2-11-3-6-13(7-4-11)20-10-12-5-8-14(16)15(9-12)17(18)19/h3-9H,2,10,16H2,1H3. The van der Waals surface area contributed by atoms with Gasteiger partial charge in [0.1, 0.15) is 18.0 Å². The summed E-state index contributed by atoms with van der Waals surface area (Å²) in [5, 5.41) is 10.8. The minimum Gasteiger partial charge on any atom is -0.489 e. The summed E-state index contributed by atoms with van der Waals surface area (Å²) >= 11 is 0. The van der Waals surface area contributed by atoms with Crippen LogP contribution >= 0.6 is 0 Å². The number of nitrogen functional groups attached to an aromatic ring is 1. The molecule has 0 atom stereocenters. The van der Waals surface area contributed by atoms with Crippen molar-refractivity contribution in [1.82, 2.24) is 0 Å². The average molecular weight is 272 g/mol. The summed E-state index contributed by atoms with van der Waals surface area (Å²) in [6, 6.07) is 12.5. The molecule has 5 heteroatoms. The molecule has 0 aliphatic carbocycles. The van der Waals surface area contributed by atoms with Crippen molar-refractivity contribution < 1.29 is 9.66 Å². The first kappa shape index (κ1) is 13.9. The molecule has 0 radical (unpaired) electrons. The van der Waals surface area contributed by atoms with Gasteiger partial charge in [0.05, 0.1) is 4.92 Å². The average Bonchev–Trinajstić information content (AvgIpc) is 2.46. The van der Waals surface area contributed by atoms with E-state index in [0.717, 1.165) is 12.2 Å². The summed E-state index contributed by atoms with van der Waals surface area (Å²) in [6.45, 7) is 2.36. The summed E-state index contributed by atoms with van der Waals surface area (Å²) in [6.07, 6.45) is 0.977. The van der Waals surface area contributed by atoms with E-state index in [0.29, 0.717) is 5.56 Å². The second kappa shape index (κ2) is 6.06. The van der Waals surface area contributed by atoms with Crippen LogP contribution in [-0.2, 0) is 13.0 Å². The molecular formula is C15H16N2O3. The molecular weight excluding hydrogens is 256 g/mol. The lowest BCUT2D eigenvalue weighted by Crippen LogP contribution is -2.00. The fraction of sp³-hybridized carbons (Fsp3) is 0.200. The van der Waals surface area contributed by atoms with Gasteiger partial charge in [-0.25, -0.2) is 0 Å². The van der Waals surface area contributed by atoms with Gasteiger partial charge in [-0.3, -0.25) is 10.1 Å². The smallest absolute Gasteiger partial charge is 0.292 e. The van der Waals surface area contributed by atoms with Crippen LogP contribution < -0.4 is 10.5 Å². The number of anilines is 1. The number of nitrogens with two attached hydrogens (primary N) is 1. The number of hydrogen-bond donors (Lipinski definition) is 1. The topological polar surface area (TPSA) is 78.4 Å². The second-order valence-electron chi connectivity index (χ2n) is 4.44. The van der Waals surface area contributed by atoms with E-state index in [1.54, 1.807) is 6.07 Å². The van der Waals surface area contributed by atoms with Gasteiger partial charge in [-0.2, -0.15) is 0 Å². The fourth-order valence-corrected chi connectivity index (χ4v) is 1.83. The van der Waals surface area contributed by atoms with Gasteiger partial charge in [-0.05, 0) is 35.7 Å². The fourth-order valence-electron chi connectivity index (χ4n) is 1.83. The van der Waals surface area contributed by atoms with Crippen molar-refractivity contribution in [2.75, 3.05) is 5.73 Å². The lowest BCUT2D eigenvalue weighted by Gasteiger charge is -2.07. The molecule has 0 unspecified atom stereocenters. The predicted molar refractivity (Wildman–Crippen MR) is 77.7 cm³/mol. The van der Waals surface area contributed by atoms with Gasteiger partial charge in [0.2, 0.25) is 0 Å². The Balaban J connectivity index is 2.06. The van der Waals surface area contributed by atoms with Crippen molar-refractivity contribution >= 4 is 11.4 Å². The molecule has 0 amide bonds. The van der Waals surface area contributed by atoms with E-state index in [9.17, 15) is 10.1 Å². The quantitative estimate of drug-likeness (QED) is 0.514. The van der Waals surface area contributed by atoms with Crippen molar-refractivity contribution in [3.05, 3.63) is 63.7 Å². The van der Waals surface area contributed by atoms with Crippen molar-refractivity contribution in [2.24, 2.45) is 0 Å². The molecule has 5 nitrogen and oxygen atoms in total. The first-order chi connectivity index (χ1) is 9.60. The monoisotopic (exact) mass is 272 g/mol. The van der Waals surface area contributed by atoms with E-state index in [2.05, 4.69) is 6.92 Å². The maximum atomic E-state index is 10.8. The normalized spacial score (nSPS) is 10.2. The summed E-state index contributed by atoms with van der Waals surface area (Å²) < 4.78 is 5.60. The summed E-state index contributed by atoms with van der Waals surface area (Å²) in [5.41, 5.74) is 7.57. The Bertz CT molecular complexity index is 609. The van der Waals surface area contributed by atoms with Crippen LogP contribution in [0.4, 0.5) is 11.4 Å². The van der Waals surface area contributed by atoms with Gasteiger partial charge in [-0.1, -0.05) is 25.1 Å². The highest BCUT2D eigenvalue weighted by atomic mass is 16.6. The molecule has 0 saturated heterocycles. The van der Waals surface area contributed by atoms with E-state index in [4.69, 9.17) is 10.5 Å². The molecule has 0 spiro atoms. The number of nitro benzene ring substituents is 1. The molecule has 20 heavy (non-hydrogen) atoms. The number of benzene rings is 2. The van der Waals surface area contributed by atoms with Gasteiger partial charge in [0, 0.05) is 6.07 Å². The SMILES string of the molecule is CCc1ccc(OCc2ccc(N)c([N+](=O)[O-])c2)cc1. The van der Waals surface area contributed by atoms with E-state index in [-0.39, 0.29) is 18.0 Å². The van der Waals surface area contributed by atoms with Gasteiger partial charge in [-0.15, -0.1) is 0 Å². The Labute approximate surface area is 117 Å². The van der Waals surface area contributed by atoms with Gasteiger partial charge in [0.15, 0.2) is 0 Å². The third kappa shape index (κ3) is 3.26. The molecule has 0 aliphatic heterocycles. The number of ether oxygens (including phenoxy) is 1. The highest BCUT2D eigenvalue weighted by molar-refractivity contribution is 5.59.